The predicted molar refractivity (Wildman–Crippen MR) is 56.3 cm³/mol. The van der Waals surface area contributed by atoms with Crippen LogP contribution in [0.4, 0.5) is 5.82 Å². The lowest BCUT2D eigenvalue weighted by molar-refractivity contribution is -0.0202. The normalized spacial score (nSPS) is 17.6. The van der Waals surface area contributed by atoms with Crippen LogP contribution in [0.15, 0.2) is 12.4 Å². The highest BCUT2D eigenvalue weighted by molar-refractivity contribution is 5.85. The SMILES string of the molecule is O=C(O)c1cncc(NCC2(O)CCC2)n1. The van der Waals surface area contributed by atoms with Crippen LogP contribution in [-0.2, 0) is 0 Å². The summed E-state index contributed by atoms with van der Waals surface area (Å²) in [6.45, 7) is 0.380. The second kappa shape index (κ2) is 4.05. The zero-order valence-electron chi connectivity index (χ0n) is 8.68. The average molecular weight is 223 g/mol. The van der Waals surface area contributed by atoms with E-state index >= 15 is 0 Å². The number of nitrogens with zero attached hydrogens (tertiary/aromatic N) is 2. The Labute approximate surface area is 92.4 Å². The zero-order valence-corrected chi connectivity index (χ0v) is 8.68. The Hall–Kier alpha value is -1.69. The van der Waals surface area contributed by atoms with Crippen LogP contribution in [0.3, 0.4) is 0 Å². The van der Waals surface area contributed by atoms with Gasteiger partial charge in [0, 0.05) is 6.54 Å². The van der Waals surface area contributed by atoms with Gasteiger partial charge in [0.1, 0.15) is 5.82 Å². The molecule has 1 aliphatic carbocycles. The third-order valence-electron chi connectivity index (χ3n) is 2.74. The monoisotopic (exact) mass is 223 g/mol. The largest absolute Gasteiger partial charge is 0.476 e. The minimum atomic E-state index is -1.11. The topological polar surface area (TPSA) is 95.3 Å². The lowest BCUT2D eigenvalue weighted by Gasteiger charge is -2.36. The number of rotatable bonds is 4. The molecule has 0 unspecified atom stereocenters. The van der Waals surface area contributed by atoms with E-state index in [1.807, 2.05) is 0 Å². The third-order valence-corrected chi connectivity index (χ3v) is 2.74. The first kappa shape index (κ1) is 10.8. The minimum Gasteiger partial charge on any atom is -0.476 e. The Bertz CT molecular complexity index is 404. The van der Waals surface area contributed by atoms with Gasteiger partial charge in [0.05, 0.1) is 18.0 Å². The number of carboxylic acid groups (broad SMARTS) is 1. The molecule has 0 spiro atoms. The quantitative estimate of drug-likeness (QED) is 0.688. The molecule has 0 radical (unpaired) electrons. The lowest BCUT2D eigenvalue weighted by Crippen LogP contribution is -2.43. The van der Waals surface area contributed by atoms with Gasteiger partial charge < -0.3 is 15.5 Å². The van der Waals surface area contributed by atoms with Crippen molar-refractivity contribution >= 4 is 11.8 Å². The molecule has 2 rings (SSSR count). The van der Waals surface area contributed by atoms with Crippen molar-refractivity contribution in [1.29, 1.82) is 0 Å². The second-order valence-corrected chi connectivity index (χ2v) is 4.03. The molecule has 6 heteroatoms. The van der Waals surface area contributed by atoms with E-state index < -0.39 is 11.6 Å². The molecule has 16 heavy (non-hydrogen) atoms. The Morgan fingerprint density at radius 1 is 1.50 bits per heavy atom. The van der Waals surface area contributed by atoms with Gasteiger partial charge in [-0.1, -0.05) is 0 Å². The van der Waals surface area contributed by atoms with Gasteiger partial charge in [-0.25, -0.2) is 9.78 Å². The maximum atomic E-state index is 10.6. The molecule has 1 aromatic rings. The number of anilines is 1. The Morgan fingerprint density at radius 3 is 2.81 bits per heavy atom. The smallest absolute Gasteiger partial charge is 0.356 e. The van der Waals surface area contributed by atoms with E-state index in [-0.39, 0.29) is 5.69 Å². The van der Waals surface area contributed by atoms with Crippen LogP contribution in [0, 0.1) is 0 Å². The van der Waals surface area contributed by atoms with Crippen molar-refractivity contribution in [2.75, 3.05) is 11.9 Å². The highest BCUT2D eigenvalue weighted by atomic mass is 16.4. The standard InChI is InChI=1S/C10H13N3O3/c14-9(15)7-4-11-5-8(13-7)12-6-10(16)2-1-3-10/h4-5,16H,1-3,6H2,(H,12,13)(H,14,15). The van der Waals surface area contributed by atoms with Gasteiger partial charge in [0.15, 0.2) is 5.69 Å². The molecule has 0 amide bonds. The molecule has 0 aromatic carbocycles. The molecule has 86 valence electrons. The fourth-order valence-corrected chi connectivity index (χ4v) is 1.57. The van der Waals surface area contributed by atoms with E-state index in [0.29, 0.717) is 12.4 Å². The van der Waals surface area contributed by atoms with Gasteiger partial charge in [-0.2, -0.15) is 0 Å². The first-order valence-electron chi connectivity index (χ1n) is 5.11. The Morgan fingerprint density at radius 2 is 2.25 bits per heavy atom. The first-order chi connectivity index (χ1) is 7.59. The van der Waals surface area contributed by atoms with E-state index in [1.165, 1.54) is 12.4 Å². The summed E-state index contributed by atoms with van der Waals surface area (Å²) in [6.07, 6.45) is 5.19. The van der Waals surface area contributed by atoms with E-state index in [2.05, 4.69) is 15.3 Å². The van der Waals surface area contributed by atoms with E-state index in [4.69, 9.17) is 5.11 Å². The number of aliphatic hydroxyl groups is 1. The Balaban J connectivity index is 1.98. The number of carboxylic acids is 1. The lowest BCUT2D eigenvalue weighted by atomic mass is 9.80. The summed E-state index contributed by atoms with van der Waals surface area (Å²) in [4.78, 5) is 18.3. The van der Waals surface area contributed by atoms with Gasteiger partial charge in [-0.3, -0.25) is 4.98 Å². The molecular formula is C10H13N3O3. The van der Waals surface area contributed by atoms with E-state index in [0.717, 1.165) is 19.3 Å². The minimum absolute atomic E-state index is 0.106. The summed E-state index contributed by atoms with van der Waals surface area (Å²) in [7, 11) is 0. The summed E-state index contributed by atoms with van der Waals surface area (Å²) in [5.41, 5.74) is -0.772. The van der Waals surface area contributed by atoms with E-state index in [9.17, 15) is 9.90 Å². The van der Waals surface area contributed by atoms with Crippen molar-refractivity contribution < 1.29 is 15.0 Å². The van der Waals surface area contributed by atoms with Gasteiger partial charge in [0.2, 0.25) is 0 Å². The first-order valence-corrected chi connectivity index (χ1v) is 5.11. The maximum Gasteiger partial charge on any atom is 0.356 e. The van der Waals surface area contributed by atoms with Crippen molar-refractivity contribution in [1.82, 2.24) is 9.97 Å². The molecule has 1 heterocycles. The van der Waals surface area contributed by atoms with Crippen LogP contribution in [0.2, 0.25) is 0 Å². The Kier molecular flexibility index (Phi) is 2.74. The maximum absolute atomic E-state index is 10.6. The molecule has 3 N–H and O–H groups in total. The summed E-state index contributed by atoms with van der Waals surface area (Å²) in [5.74, 6) is -0.737. The summed E-state index contributed by atoms with van der Waals surface area (Å²) < 4.78 is 0. The van der Waals surface area contributed by atoms with Crippen LogP contribution >= 0.6 is 0 Å². The zero-order chi connectivity index (χ0) is 11.6. The van der Waals surface area contributed by atoms with Gasteiger partial charge in [-0.15, -0.1) is 0 Å². The van der Waals surface area contributed by atoms with Crippen LogP contribution < -0.4 is 5.32 Å². The molecule has 0 bridgehead atoms. The van der Waals surface area contributed by atoms with Crippen LogP contribution in [-0.4, -0.2) is 38.3 Å². The predicted octanol–water partition coefficient (Wildman–Crippen LogP) is 0.502. The fraction of sp³-hybridized carbons (Fsp3) is 0.500. The number of hydrogen-bond acceptors (Lipinski definition) is 5. The summed E-state index contributed by atoms with van der Waals surface area (Å²) >= 11 is 0. The third kappa shape index (κ3) is 2.27. The molecule has 6 nitrogen and oxygen atoms in total. The average Bonchev–Trinajstić information content (AvgIpc) is 2.24. The summed E-state index contributed by atoms with van der Waals surface area (Å²) in [6, 6.07) is 0. The van der Waals surface area contributed by atoms with Crippen LogP contribution in [0.25, 0.3) is 0 Å². The van der Waals surface area contributed by atoms with Crippen molar-refractivity contribution in [2.45, 2.75) is 24.9 Å². The molecular weight excluding hydrogens is 210 g/mol. The van der Waals surface area contributed by atoms with Crippen molar-refractivity contribution in [3.63, 3.8) is 0 Å². The second-order valence-electron chi connectivity index (χ2n) is 4.03. The summed E-state index contributed by atoms with van der Waals surface area (Å²) in [5, 5.41) is 21.4. The molecule has 0 atom stereocenters. The molecule has 0 saturated heterocycles. The van der Waals surface area contributed by atoms with Crippen LogP contribution in [0.5, 0.6) is 0 Å². The van der Waals surface area contributed by atoms with E-state index in [1.54, 1.807) is 0 Å². The fourth-order valence-electron chi connectivity index (χ4n) is 1.57. The number of carbonyl (C=O) groups is 1. The van der Waals surface area contributed by atoms with Gasteiger partial charge >= 0.3 is 5.97 Å². The van der Waals surface area contributed by atoms with Gasteiger partial charge in [-0.05, 0) is 19.3 Å². The van der Waals surface area contributed by atoms with Crippen molar-refractivity contribution in [3.05, 3.63) is 18.1 Å². The number of nitrogens with one attached hydrogen (secondary N) is 1. The highest BCUT2D eigenvalue weighted by Gasteiger charge is 2.34. The van der Waals surface area contributed by atoms with Crippen LogP contribution in [0.1, 0.15) is 29.8 Å². The number of aromatic nitrogens is 2. The molecule has 1 aliphatic rings. The molecule has 1 fully saturated rings. The molecule has 1 aromatic heterocycles. The van der Waals surface area contributed by atoms with Gasteiger partial charge in [0.25, 0.3) is 0 Å². The molecule has 0 aliphatic heterocycles. The number of hydrogen-bond donors (Lipinski definition) is 3. The van der Waals surface area contributed by atoms with Crippen molar-refractivity contribution in [2.24, 2.45) is 0 Å². The van der Waals surface area contributed by atoms with Crippen molar-refractivity contribution in [3.8, 4) is 0 Å². The molecule has 1 saturated carbocycles. The number of aromatic carboxylic acids is 1. The highest BCUT2D eigenvalue weighted by Crippen LogP contribution is 2.31.